The lowest BCUT2D eigenvalue weighted by Crippen LogP contribution is -1.97. The maximum absolute atomic E-state index is 13.2. The van der Waals surface area contributed by atoms with Crippen molar-refractivity contribution in [3.8, 4) is 5.69 Å². The number of carbonyl (C=O) groups is 1. The fourth-order valence-electron chi connectivity index (χ4n) is 2.96. The lowest BCUT2D eigenvalue weighted by atomic mass is 10.1. The Labute approximate surface area is 174 Å². The van der Waals surface area contributed by atoms with E-state index < -0.39 is 5.97 Å². The number of benzene rings is 2. The van der Waals surface area contributed by atoms with Gasteiger partial charge in [0.2, 0.25) is 0 Å². The van der Waals surface area contributed by atoms with Crippen LogP contribution in [0.4, 0.5) is 4.39 Å². The lowest BCUT2D eigenvalue weighted by molar-refractivity contribution is -0.135. The van der Waals surface area contributed by atoms with Crippen LogP contribution in [0.25, 0.3) is 27.6 Å². The van der Waals surface area contributed by atoms with Crippen LogP contribution in [0.15, 0.2) is 48.5 Å². The summed E-state index contributed by atoms with van der Waals surface area (Å²) < 4.78 is 15.7. The molecular weight excluding hydrogens is 413 g/mol. The molecule has 0 spiro atoms. The summed E-state index contributed by atoms with van der Waals surface area (Å²) in [6, 6.07) is 13.4. The Morgan fingerprint density at radius 2 is 1.97 bits per heavy atom. The van der Waals surface area contributed by atoms with E-state index in [4.69, 9.17) is 11.6 Å². The molecule has 29 heavy (non-hydrogen) atoms. The van der Waals surface area contributed by atoms with E-state index in [0.717, 1.165) is 10.2 Å². The Bertz CT molecular complexity index is 1210. The number of fused-ring (bicyclic) bond motifs is 1. The van der Waals surface area contributed by atoms with Crippen molar-refractivity contribution in [2.24, 2.45) is 0 Å². The molecular formula is C21H15ClFN3O2S. The van der Waals surface area contributed by atoms with Crippen molar-refractivity contribution in [3.05, 3.63) is 75.8 Å². The Morgan fingerprint density at radius 3 is 2.66 bits per heavy atom. The van der Waals surface area contributed by atoms with Crippen LogP contribution in [-0.4, -0.2) is 25.8 Å². The molecule has 146 valence electrons. The molecule has 2 aromatic carbocycles. The summed E-state index contributed by atoms with van der Waals surface area (Å²) in [7, 11) is 0. The number of rotatable bonds is 5. The molecule has 0 bridgehead atoms. The third-order valence-electron chi connectivity index (χ3n) is 4.35. The number of carboxylic acid groups (broad SMARTS) is 1. The van der Waals surface area contributed by atoms with Crippen LogP contribution >= 0.6 is 22.9 Å². The Kier molecular flexibility index (Phi) is 5.17. The minimum absolute atomic E-state index is 0.197. The van der Waals surface area contributed by atoms with Gasteiger partial charge in [-0.3, -0.25) is 4.79 Å². The highest BCUT2D eigenvalue weighted by Gasteiger charge is 2.18. The van der Waals surface area contributed by atoms with E-state index in [1.807, 2.05) is 24.3 Å². The number of halogens is 2. The molecule has 0 aliphatic heterocycles. The average Bonchev–Trinajstić information content (AvgIpc) is 3.24. The highest BCUT2D eigenvalue weighted by molar-refractivity contribution is 7.19. The molecule has 0 atom stereocenters. The van der Waals surface area contributed by atoms with E-state index >= 15 is 0 Å². The number of para-hydroxylation sites is 1. The number of aryl methyl sites for hydroxylation is 1. The molecule has 4 rings (SSSR count). The minimum Gasteiger partial charge on any atom is -0.481 e. The van der Waals surface area contributed by atoms with Crippen molar-refractivity contribution in [2.75, 3.05) is 0 Å². The number of thiazole rings is 1. The van der Waals surface area contributed by atoms with Crippen LogP contribution in [0.3, 0.4) is 0 Å². The van der Waals surface area contributed by atoms with Gasteiger partial charge < -0.3 is 5.11 Å². The van der Waals surface area contributed by atoms with Gasteiger partial charge in [-0.15, -0.1) is 11.3 Å². The molecule has 1 N–H and O–H groups in total. The van der Waals surface area contributed by atoms with Crippen LogP contribution in [0, 0.1) is 12.7 Å². The van der Waals surface area contributed by atoms with E-state index in [-0.39, 0.29) is 12.2 Å². The zero-order valence-corrected chi connectivity index (χ0v) is 16.8. The second kappa shape index (κ2) is 7.77. The van der Waals surface area contributed by atoms with Crippen LogP contribution in [-0.2, 0) is 4.79 Å². The SMILES string of the molecule is Cc1nn(-c2ccc(F)cc2)c(Cl)c1/C=C(\CC(=O)O)c1nc2ccccc2s1. The fourth-order valence-corrected chi connectivity index (χ4v) is 4.27. The van der Waals surface area contributed by atoms with Crippen molar-refractivity contribution in [1.29, 1.82) is 0 Å². The van der Waals surface area contributed by atoms with Crippen LogP contribution in [0.2, 0.25) is 5.15 Å². The van der Waals surface area contributed by atoms with Gasteiger partial charge in [-0.05, 0) is 55.0 Å². The topological polar surface area (TPSA) is 68.0 Å². The molecule has 0 unspecified atom stereocenters. The largest absolute Gasteiger partial charge is 0.481 e. The average molecular weight is 428 g/mol. The summed E-state index contributed by atoms with van der Waals surface area (Å²) in [5, 5.41) is 14.8. The number of aliphatic carboxylic acids is 1. The highest BCUT2D eigenvalue weighted by atomic mass is 35.5. The van der Waals surface area contributed by atoms with Crippen molar-refractivity contribution in [1.82, 2.24) is 14.8 Å². The van der Waals surface area contributed by atoms with E-state index in [1.165, 1.54) is 28.2 Å². The molecule has 0 saturated carbocycles. The van der Waals surface area contributed by atoms with Crippen LogP contribution in [0.1, 0.15) is 22.7 Å². The number of hydrogen-bond donors (Lipinski definition) is 1. The van der Waals surface area contributed by atoms with Crippen molar-refractivity contribution >= 4 is 50.8 Å². The summed E-state index contributed by atoms with van der Waals surface area (Å²) in [4.78, 5) is 16.0. The molecule has 0 aliphatic carbocycles. The van der Waals surface area contributed by atoms with Crippen molar-refractivity contribution in [3.63, 3.8) is 0 Å². The summed E-state index contributed by atoms with van der Waals surface area (Å²) in [6.45, 7) is 1.79. The Hall–Kier alpha value is -3.03. The molecule has 0 radical (unpaired) electrons. The second-order valence-corrected chi connectivity index (χ2v) is 7.79. The summed E-state index contributed by atoms with van der Waals surface area (Å²) >= 11 is 7.98. The number of hydrogen-bond acceptors (Lipinski definition) is 4. The number of carboxylic acids is 1. The number of aromatic nitrogens is 3. The Morgan fingerprint density at radius 1 is 1.24 bits per heavy atom. The molecule has 0 saturated heterocycles. The van der Waals surface area contributed by atoms with Gasteiger partial charge in [-0.2, -0.15) is 5.10 Å². The molecule has 0 aliphatic rings. The fraction of sp³-hybridized carbons (Fsp3) is 0.0952. The third-order valence-corrected chi connectivity index (χ3v) is 5.82. The second-order valence-electron chi connectivity index (χ2n) is 6.40. The van der Waals surface area contributed by atoms with Gasteiger partial charge in [0.05, 0.1) is 28.0 Å². The molecule has 4 aromatic rings. The third kappa shape index (κ3) is 3.92. The van der Waals surface area contributed by atoms with Gasteiger partial charge in [0, 0.05) is 5.56 Å². The smallest absolute Gasteiger partial charge is 0.307 e. The van der Waals surface area contributed by atoms with Crippen molar-refractivity contribution < 1.29 is 14.3 Å². The van der Waals surface area contributed by atoms with E-state index in [0.29, 0.717) is 32.7 Å². The van der Waals surface area contributed by atoms with E-state index in [1.54, 1.807) is 25.1 Å². The van der Waals surface area contributed by atoms with Gasteiger partial charge in [-0.25, -0.2) is 14.1 Å². The van der Waals surface area contributed by atoms with E-state index in [2.05, 4.69) is 10.1 Å². The first kappa shape index (κ1) is 19.3. The van der Waals surface area contributed by atoms with E-state index in [9.17, 15) is 14.3 Å². The lowest BCUT2D eigenvalue weighted by Gasteiger charge is -2.04. The zero-order valence-electron chi connectivity index (χ0n) is 15.3. The van der Waals surface area contributed by atoms with Crippen LogP contribution in [0.5, 0.6) is 0 Å². The van der Waals surface area contributed by atoms with Gasteiger partial charge in [-0.1, -0.05) is 23.7 Å². The normalized spacial score (nSPS) is 11.9. The molecule has 0 amide bonds. The molecule has 5 nitrogen and oxygen atoms in total. The maximum atomic E-state index is 13.2. The van der Waals surface area contributed by atoms with Gasteiger partial charge >= 0.3 is 5.97 Å². The highest BCUT2D eigenvalue weighted by Crippen LogP contribution is 2.33. The first-order chi connectivity index (χ1) is 13.9. The standard InChI is InChI=1S/C21H15ClFN3O2S/c1-12-16(20(22)26(25-12)15-8-6-14(23)7-9-15)10-13(11-19(27)28)21-24-17-4-2-3-5-18(17)29-21/h2-10H,11H2,1H3,(H,27,28)/b13-10+. The molecule has 0 fully saturated rings. The van der Waals surface area contributed by atoms with Gasteiger partial charge in [0.1, 0.15) is 16.0 Å². The predicted octanol–water partition coefficient (Wildman–Crippen LogP) is 5.60. The molecule has 8 heteroatoms. The quantitative estimate of drug-likeness (QED) is 0.450. The first-order valence-corrected chi connectivity index (χ1v) is 9.91. The molecule has 2 heterocycles. The zero-order chi connectivity index (χ0) is 20.5. The molecule has 2 aromatic heterocycles. The number of nitrogens with zero attached hydrogens (tertiary/aromatic N) is 3. The minimum atomic E-state index is -0.963. The van der Waals surface area contributed by atoms with Crippen molar-refractivity contribution in [2.45, 2.75) is 13.3 Å². The van der Waals surface area contributed by atoms with Gasteiger partial charge in [0.25, 0.3) is 0 Å². The maximum Gasteiger partial charge on any atom is 0.307 e. The Balaban J connectivity index is 1.82. The predicted molar refractivity (Wildman–Crippen MR) is 113 cm³/mol. The van der Waals surface area contributed by atoms with Crippen LogP contribution < -0.4 is 0 Å². The monoisotopic (exact) mass is 427 g/mol. The van der Waals surface area contributed by atoms with Gasteiger partial charge in [0.15, 0.2) is 0 Å². The summed E-state index contributed by atoms with van der Waals surface area (Å²) in [5.74, 6) is -1.32. The first-order valence-electron chi connectivity index (χ1n) is 8.72. The summed E-state index contributed by atoms with van der Waals surface area (Å²) in [5.41, 5.74) is 3.20. The summed E-state index contributed by atoms with van der Waals surface area (Å²) in [6.07, 6.45) is 1.52.